The second kappa shape index (κ2) is 8.33. The van der Waals surface area contributed by atoms with Gasteiger partial charge >= 0.3 is 0 Å². The molecule has 5 heterocycles. The van der Waals surface area contributed by atoms with Crippen molar-refractivity contribution < 1.29 is 4.79 Å². The summed E-state index contributed by atoms with van der Waals surface area (Å²) in [6, 6.07) is 7.66. The Kier molecular flexibility index (Phi) is 5.36. The molecule has 1 amide bonds. The minimum absolute atomic E-state index is 0.382. The van der Waals surface area contributed by atoms with Gasteiger partial charge in [-0.1, -0.05) is 6.07 Å². The molecular formula is C23H25N7OS. The molecule has 32 heavy (non-hydrogen) atoms. The van der Waals surface area contributed by atoms with E-state index >= 15 is 0 Å². The lowest BCUT2D eigenvalue weighted by molar-refractivity contribution is 0.100. The number of anilines is 1. The zero-order valence-corrected chi connectivity index (χ0v) is 18.9. The number of nitrogens with zero attached hydrogens (tertiary/aromatic N) is 5. The van der Waals surface area contributed by atoms with Crippen LogP contribution in [0.25, 0.3) is 17.2 Å². The third-order valence-corrected chi connectivity index (χ3v) is 6.67. The van der Waals surface area contributed by atoms with E-state index in [0.717, 1.165) is 48.8 Å². The fourth-order valence-corrected chi connectivity index (χ4v) is 4.91. The van der Waals surface area contributed by atoms with Gasteiger partial charge < -0.3 is 16.0 Å². The molecule has 0 radical (unpaired) electrons. The minimum atomic E-state index is -0.505. The molecule has 1 aliphatic heterocycles. The van der Waals surface area contributed by atoms with Gasteiger partial charge in [0.05, 0.1) is 23.5 Å². The molecule has 8 nitrogen and oxygen atoms in total. The highest BCUT2D eigenvalue weighted by Gasteiger charge is 2.23. The molecule has 0 atom stereocenters. The van der Waals surface area contributed by atoms with Crippen molar-refractivity contribution in [3.63, 3.8) is 0 Å². The number of carbonyl (C=O) groups is 1. The lowest BCUT2D eigenvalue weighted by atomic mass is 10.1. The molecule has 0 aliphatic carbocycles. The van der Waals surface area contributed by atoms with Gasteiger partial charge in [0.25, 0.3) is 5.91 Å². The molecule has 0 unspecified atom stereocenters. The molecule has 0 spiro atoms. The smallest absolute Gasteiger partial charge is 0.252 e. The Morgan fingerprint density at radius 3 is 2.91 bits per heavy atom. The van der Waals surface area contributed by atoms with Gasteiger partial charge in [0.1, 0.15) is 17.2 Å². The maximum Gasteiger partial charge on any atom is 0.252 e. The number of nitrogens with one attached hydrogen (secondary N) is 1. The Morgan fingerprint density at radius 1 is 1.25 bits per heavy atom. The number of rotatable bonds is 5. The van der Waals surface area contributed by atoms with E-state index in [1.165, 1.54) is 10.4 Å². The number of pyridine rings is 1. The third kappa shape index (κ3) is 3.74. The van der Waals surface area contributed by atoms with Crippen LogP contribution in [-0.2, 0) is 19.5 Å². The van der Waals surface area contributed by atoms with Crippen molar-refractivity contribution >= 4 is 28.7 Å². The van der Waals surface area contributed by atoms with Gasteiger partial charge in [0.2, 0.25) is 0 Å². The summed E-state index contributed by atoms with van der Waals surface area (Å²) in [5.41, 5.74) is 10.2. The number of nitrogens with two attached hydrogens (primary N) is 1. The Morgan fingerprint density at radius 2 is 2.12 bits per heavy atom. The van der Waals surface area contributed by atoms with E-state index in [1.807, 2.05) is 17.5 Å². The topological polar surface area (TPSA) is 101 Å². The predicted octanol–water partition coefficient (Wildman–Crippen LogP) is 3.25. The van der Waals surface area contributed by atoms with Crippen LogP contribution < -0.4 is 11.1 Å². The van der Waals surface area contributed by atoms with Crippen molar-refractivity contribution in [1.29, 1.82) is 0 Å². The number of fused-ring (bicyclic) bond motifs is 2. The normalized spacial score (nSPS) is 14.3. The Hall–Kier alpha value is -3.30. The number of aryl methyl sites for hydroxylation is 1. The highest BCUT2D eigenvalue weighted by Crippen LogP contribution is 2.30. The van der Waals surface area contributed by atoms with Crippen LogP contribution in [0.4, 0.5) is 5.82 Å². The van der Waals surface area contributed by atoms with Crippen molar-refractivity contribution in [1.82, 2.24) is 24.3 Å². The third-order valence-electron chi connectivity index (χ3n) is 5.79. The number of amides is 1. The van der Waals surface area contributed by atoms with Crippen molar-refractivity contribution in [2.45, 2.75) is 32.9 Å². The fourth-order valence-electron chi connectivity index (χ4n) is 4.26. The summed E-state index contributed by atoms with van der Waals surface area (Å²) in [5.74, 6) is 0.961. The van der Waals surface area contributed by atoms with E-state index in [0.29, 0.717) is 23.6 Å². The quantitative estimate of drug-likeness (QED) is 0.487. The van der Waals surface area contributed by atoms with Crippen LogP contribution in [0.2, 0.25) is 0 Å². The first-order valence-corrected chi connectivity index (χ1v) is 11.5. The molecule has 5 rings (SSSR count). The average molecular weight is 448 g/mol. The van der Waals surface area contributed by atoms with Crippen LogP contribution in [0.3, 0.4) is 0 Å². The van der Waals surface area contributed by atoms with Crippen LogP contribution in [0.15, 0.2) is 35.8 Å². The lowest BCUT2D eigenvalue weighted by Gasteiger charge is -2.16. The van der Waals surface area contributed by atoms with E-state index in [4.69, 9.17) is 15.7 Å². The predicted molar refractivity (Wildman–Crippen MR) is 126 cm³/mol. The number of imidazole rings is 1. The highest BCUT2D eigenvalue weighted by molar-refractivity contribution is 7.09. The van der Waals surface area contributed by atoms with Crippen LogP contribution in [0.5, 0.6) is 0 Å². The summed E-state index contributed by atoms with van der Waals surface area (Å²) >= 11 is 1.72. The SMILES string of the molecule is Cc1nc2c(C(N)=O)cccn2c1-c1nc2c(c(NCc3cccs3)n1)CCCN(C)C2. The van der Waals surface area contributed by atoms with Gasteiger partial charge in [-0.25, -0.2) is 15.0 Å². The summed E-state index contributed by atoms with van der Waals surface area (Å²) in [7, 11) is 2.12. The Balaban J connectivity index is 1.66. The Bertz CT molecular complexity index is 1300. The number of carbonyl (C=O) groups excluding carboxylic acids is 1. The first-order valence-electron chi connectivity index (χ1n) is 10.6. The first-order chi connectivity index (χ1) is 15.5. The second-order valence-electron chi connectivity index (χ2n) is 8.12. The second-order valence-corrected chi connectivity index (χ2v) is 9.15. The molecule has 0 aromatic carbocycles. The summed E-state index contributed by atoms with van der Waals surface area (Å²) in [6.07, 6.45) is 3.87. The van der Waals surface area contributed by atoms with Gasteiger partial charge in [0.15, 0.2) is 5.82 Å². The van der Waals surface area contributed by atoms with Crippen molar-refractivity contribution in [2.24, 2.45) is 5.73 Å². The van der Waals surface area contributed by atoms with Crippen LogP contribution >= 0.6 is 11.3 Å². The molecule has 4 aromatic heterocycles. The maximum absolute atomic E-state index is 11.9. The van der Waals surface area contributed by atoms with E-state index in [1.54, 1.807) is 23.5 Å². The van der Waals surface area contributed by atoms with Crippen LogP contribution in [0, 0.1) is 6.92 Å². The molecule has 4 aromatic rings. The zero-order valence-electron chi connectivity index (χ0n) is 18.1. The standard InChI is InChI=1S/C23H25N7OS/c1-14-19(30-10-4-8-17(20(24)31)23(30)26-14)22-27-18-13-29(2)9-3-7-16(18)21(28-22)25-12-15-6-5-11-32-15/h4-6,8,10-11H,3,7,9,12-13H2,1-2H3,(H2,24,31)(H,25,27,28). The van der Waals surface area contributed by atoms with Crippen LogP contribution in [-0.4, -0.2) is 43.8 Å². The van der Waals surface area contributed by atoms with Gasteiger partial charge in [-0.15, -0.1) is 11.3 Å². The minimum Gasteiger partial charge on any atom is -0.365 e. The molecule has 1 aliphatic rings. The largest absolute Gasteiger partial charge is 0.365 e. The van der Waals surface area contributed by atoms with E-state index in [-0.39, 0.29) is 0 Å². The summed E-state index contributed by atoms with van der Waals surface area (Å²) in [6.45, 7) is 4.41. The number of thiophene rings is 1. The van der Waals surface area contributed by atoms with Gasteiger partial charge in [-0.3, -0.25) is 9.20 Å². The molecular weight excluding hydrogens is 422 g/mol. The molecule has 3 N–H and O–H groups in total. The van der Waals surface area contributed by atoms with Gasteiger partial charge in [-0.05, 0) is 56.9 Å². The number of hydrogen-bond acceptors (Lipinski definition) is 7. The van der Waals surface area contributed by atoms with Gasteiger partial charge in [-0.2, -0.15) is 0 Å². The number of aromatic nitrogens is 4. The lowest BCUT2D eigenvalue weighted by Crippen LogP contribution is -2.18. The fraction of sp³-hybridized carbons (Fsp3) is 0.304. The monoisotopic (exact) mass is 447 g/mol. The highest BCUT2D eigenvalue weighted by atomic mass is 32.1. The molecule has 164 valence electrons. The van der Waals surface area contributed by atoms with Crippen LogP contribution in [0.1, 0.15) is 38.6 Å². The zero-order chi connectivity index (χ0) is 22.2. The Labute approximate surface area is 190 Å². The molecule has 0 saturated heterocycles. The molecule has 0 bridgehead atoms. The van der Waals surface area contributed by atoms with E-state index in [9.17, 15) is 4.79 Å². The molecule has 0 fully saturated rings. The molecule has 9 heteroatoms. The summed E-state index contributed by atoms with van der Waals surface area (Å²) in [4.78, 5) is 30.0. The van der Waals surface area contributed by atoms with E-state index in [2.05, 4.69) is 39.8 Å². The maximum atomic E-state index is 11.9. The number of hydrogen-bond donors (Lipinski definition) is 2. The van der Waals surface area contributed by atoms with Gasteiger partial charge in [0, 0.05) is 23.2 Å². The molecule has 0 saturated carbocycles. The van der Waals surface area contributed by atoms with E-state index < -0.39 is 5.91 Å². The summed E-state index contributed by atoms with van der Waals surface area (Å²) in [5, 5.41) is 5.63. The van der Waals surface area contributed by atoms with Crippen molar-refractivity contribution in [2.75, 3.05) is 18.9 Å². The van der Waals surface area contributed by atoms with Crippen molar-refractivity contribution in [3.8, 4) is 11.5 Å². The van der Waals surface area contributed by atoms with Crippen molar-refractivity contribution in [3.05, 3.63) is 63.2 Å². The summed E-state index contributed by atoms with van der Waals surface area (Å²) < 4.78 is 1.86. The number of primary amides is 1. The first kappa shape index (κ1) is 20.6. The average Bonchev–Trinajstić information content (AvgIpc) is 3.35.